The number of carboxylic acids is 1. The van der Waals surface area contributed by atoms with Crippen molar-refractivity contribution in [3.63, 3.8) is 0 Å². The number of hydrogen-bond donors (Lipinski definition) is 1. The number of alkyl halides is 9. The van der Waals surface area contributed by atoms with Gasteiger partial charge in [-0.15, -0.1) is 0 Å². The number of carboxylic acid groups (broad SMARTS) is 1. The van der Waals surface area contributed by atoms with Crippen molar-refractivity contribution in [1.82, 2.24) is 4.98 Å². The second-order valence-corrected chi connectivity index (χ2v) is 12.3. The molecular formula is C33H34F9NO3. The fourth-order valence-electron chi connectivity index (χ4n) is 5.18. The molecule has 4 nitrogen and oxygen atoms in total. The lowest BCUT2D eigenvalue weighted by Crippen LogP contribution is -2.62. The van der Waals surface area contributed by atoms with Crippen molar-refractivity contribution in [3.05, 3.63) is 94.8 Å². The average Bonchev–Trinajstić information content (AvgIpc) is 2.96. The molecule has 2 atom stereocenters. The maximum Gasteiger partial charge on any atom is 0.460 e. The number of hydrogen-bond acceptors (Lipinski definition) is 3. The monoisotopic (exact) mass is 663 g/mol. The van der Waals surface area contributed by atoms with E-state index in [4.69, 9.17) is 4.74 Å². The van der Waals surface area contributed by atoms with Crippen LogP contribution in [0.25, 0.3) is 0 Å². The number of aromatic nitrogens is 1. The number of rotatable bonds is 13. The molecule has 0 aliphatic rings. The van der Waals surface area contributed by atoms with Gasteiger partial charge in [0, 0.05) is 24.2 Å². The fourth-order valence-corrected chi connectivity index (χ4v) is 5.18. The Kier molecular flexibility index (Phi) is 10.2. The number of aliphatic carboxylic acids is 1. The first-order valence-corrected chi connectivity index (χ1v) is 14.2. The van der Waals surface area contributed by atoms with Crippen LogP contribution in [0.3, 0.4) is 0 Å². The summed E-state index contributed by atoms with van der Waals surface area (Å²) in [5, 5.41) is 9.71. The molecule has 0 aliphatic carbocycles. The summed E-state index contributed by atoms with van der Waals surface area (Å²) >= 11 is 0. The second-order valence-electron chi connectivity index (χ2n) is 12.3. The van der Waals surface area contributed by atoms with Gasteiger partial charge in [0.15, 0.2) is 0 Å². The van der Waals surface area contributed by atoms with Gasteiger partial charge < -0.3 is 9.84 Å². The van der Waals surface area contributed by atoms with Gasteiger partial charge in [-0.25, -0.2) is 0 Å². The highest BCUT2D eigenvalue weighted by Crippen LogP contribution is 2.57. The maximum atomic E-state index is 15.4. The fraction of sp³-hybridized carbons (Fsp3) is 0.455. The SMILES string of the molecule is Cc1ccc(C)c(OC(CCC(C)(C)C(=O)O)c2ccccc2C(C)(CC(F)(F)C(F)(F)C(F)(F)C(F)(F)F)c2ccncc2)c1. The molecule has 0 bridgehead atoms. The second kappa shape index (κ2) is 12.8. The molecule has 0 spiro atoms. The number of nitrogens with zero attached hydrogens (tertiary/aromatic N) is 1. The van der Waals surface area contributed by atoms with E-state index in [0.29, 0.717) is 11.3 Å². The van der Waals surface area contributed by atoms with Crippen LogP contribution in [-0.2, 0) is 10.2 Å². The molecule has 0 aliphatic heterocycles. The first kappa shape index (κ1) is 36.7. The van der Waals surface area contributed by atoms with Crippen molar-refractivity contribution < 1.29 is 54.2 Å². The molecule has 0 amide bonds. The Morgan fingerprint density at radius 3 is 2.00 bits per heavy atom. The van der Waals surface area contributed by atoms with E-state index in [1.807, 2.05) is 0 Å². The van der Waals surface area contributed by atoms with E-state index in [1.165, 1.54) is 50.2 Å². The lowest BCUT2D eigenvalue weighted by atomic mass is 9.69. The van der Waals surface area contributed by atoms with Gasteiger partial charge in [0.25, 0.3) is 0 Å². The van der Waals surface area contributed by atoms with Crippen LogP contribution in [0.2, 0.25) is 0 Å². The van der Waals surface area contributed by atoms with Gasteiger partial charge in [-0.1, -0.05) is 43.3 Å². The zero-order valence-corrected chi connectivity index (χ0v) is 25.7. The van der Waals surface area contributed by atoms with E-state index in [9.17, 15) is 40.6 Å². The van der Waals surface area contributed by atoms with Crippen molar-refractivity contribution in [3.8, 4) is 5.75 Å². The smallest absolute Gasteiger partial charge is 0.460 e. The Morgan fingerprint density at radius 1 is 0.848 bits per heavy atom. The summed E-state index contributed by atoms with van der Waals surface area (Å²) in [6, 6.07) is 13.1. The third-order valence-corrected chi connectivity index (χ3v) is 8.23. The average molecular weight is 664 g/mol. The largest absolute Gasteiger partial charge is 0.485 e. The van der Waals surface area contributed by atoms with Crippen molar-refractivity contribution in [2.24, 2.45) is 5.41 Å². The van der Waals surface area contributed by atoms with E-state index in [-0.39, 0.29) is 29.5 Å². The van der Waals surface area contributed by atoms with Gasteiger partial charge >= 0.3 is 29.9 Å². The molecule has 3 aromatic rings. The summed E-state index contributed by atoms with van der Waals surface area (Å²) in [6.45, 7) is 7.46. The van der Waals surface area contributed by atoms with Crippen LogP contribution >= 0.6 is 0 Å². The third-order valence-electron chi connectivity index (χ3n) is 8.23. The molecule has 1 heterocycles. The molecule has 0 fully saturated rings. The zero-order chi connectivity index (χ0) is 34.9. The number of halogens is 9. The summed E-state index contributed by atoms with van der Waals surface area (Å²) in [7, 11) is 0. The normalized spacial score (nSPS) is 15.3. The number of pyridine rings is 1. The minimum Gasteiger partial charge on any atom is -0.485 e. The molecule has 0 saturated carbocycles. The van der Waals surface area contributed by atoms with E-state index in [0.717, 1.165) is 24.9 Å². The van der Waals surface area contributed by atoms with Crippen LogP contribution in [0, 0.1) is 19.3 Å². The van der Waals surface area contributed by atoms with Gasteiger partial charge in [-0.2, -0.15) is 39.5 Å². The number of benzene rings is 2. The maximum absolute atomic E-state index is 15.4. The summed E-state index contributed by atoms with van der Waals surface area (Å²) in [6.07, 6.45) is -8.00. The molecule has 0 saturated heterocycles. The van der Waals surface area contributed by atoms with Gasteiger partial charge in [-0.3, -0.25) is 9.78 Å². The quantitative estimate of drug-likeness (QED) is 0.185. The molecule has 3 rings (SSSR count). The molecule has 1 N–H and O–H groups in total. The lowest BCUT2D eigenvalue weighted by molar-refractivity contribution is -0.397. The zero-order valence-electron chi connectivity index (χ0n) is 25.7. The van der Waals surface area contributed by atoms with Crippen LogP contribution in [0.1, 0.15) is 74.0 Å². The first-order chi connectivity index (χ1) is 21.0. The predicted octanol–water partition coefficient (Wildman–Crippen LogP) is 9.87. The van der Waals surface area contributed by atoms with Crippen molar-refractivity contribution in [1.29, 1.82) is 0 Å². The van der Waals surface area contributed by atoms with Gasteiger partial charge in [0.1, 0.15) is 11.9 Å². The number of aryl methyl sites for hydroxylation is 2. The topological polar surface area (TPSA) is 59.4 Å². The first-order valence-electron chi connectivity index (χ1n) is 14.2. The summed E-state index contributed by atoms with van der Waals surface area (Å²) in [5.74, 6) is -20.6. The van der Waals surface area contributed by atoms with Crippen LogP contribution < -0.4 is 4.74 Å². The van der Waals surface area contributed by atoms with Gasteiger partial charge in [0.05, 0.1) is 5.41 Å². The van der Waals surface area contributed by atoms with Crippen molar-refractivity contribution in [2.45, 2.75) is 89.3 Å². The highest BCUT2D eigenvalue weighted by Gasteiger charge is 2.82. The Bertz CT molecular complexity index is 1520. The molecule has 13 heteroatoms. The molecule has 2 unspecified atom stereocenters. The van der Waals surface area contributed by atoms with E-state index >= 15 is 8.78 Å². The Labute approximate surface area is 260 Å². The van der Waals surface area contributed by atoms with Crippen LogP contribution in [0.4, 0.5) is 39.5 Å². The summed E-state index contributed by atoms with van der Waals surface area (Å²) < 4.78 is 133. The van der Waals surface area contributed by atoms with Gasteiger partial charge in [-0.05, 0) is 86.6 Å². The molecule has 0 radical (unpaired) electrons. The predicted molar refractivity (Wildman–Crippen MR) is 153 cm³/mol. The van der Waals surface area contributed by atoms with Gasteiger partial charge in [0.2, 0.25) is 0 Å². The number of ether oxygens (including phenoxy) is 1. The Morgan fingerprint density at radius 2 is 1.43 bits per heavy atom. The molecular weight excluding hydrogens is 629 g/mol. The summed E-state index contributed by atoms with van der Waals surface area (Å²) in [5.41, 5.74) is -2.31. The van der Waals surface area contributed by atoms with E-state index in [1.54, 1.807) is 32.0 Å². The minimum absolute atomic E-state index is 0.00972. The molecule has 252 valence electrons. The highest BCUT2D eigenvalue weighted by molar-refractivity contribution is 5.73. The molecule has 2 aromatic carbocycles. The van der Waals surface area contributed by atoms with Crippen LogP contribution in [0.15, 0.2) is 67.0 Å². The van der Waals surface area contributed by atoms with Crippen LogP contribution in [0.5, 0.6) is 5.75 Å². The van der Waals surface area contributed by atoms with Crippen molar-refractivity contribution in [2.75, 3.05) is 0 Å². The Balaban J connectivity index is 2.27. The van der Waals surface area contributed by atoms with E-state index in [2.05, 4.69) is 4.98 Å². The number of carbonyl (C=O) groups is 1. The van der Waals surface area contributed by atoms with Crippen molar-refractivity contribution >= 4 is 5.97 Å². The lowest BCUT2D eigenvalue weighted by Gasteiger charge is -2.41. The summed E-state index contributed by atoms with van der Waals surface area (Å²) in [4.78, 5) is 15.7. The molecule has 1 aromatic heterocycles. The highest BCUT2D eigenvalue weighted by atomic mass is 19.4. The van der Waals surface area contributed by atoms with E-state index < -0.39 is 53.3 Å². The molecule has 46 heavy (non-hydrogen) atoms. The Hall–Kier alpha value is -3.77. The van der Waals surface area contributed by atoms with Crippen LogP contribution in [-0.4, -0.2) is 40.0 Å². The standard InChI is InChI=1S/C33H34F9NO3/c1-20-10-11-21(2)26(18-20)46-25(12-15-28(3,4)27(44)45)23-8-6-7-9-24(23)29(5,22-13-16-43-17-14-22)19-30(34,35)31(36,37)32(38,39)33(40,41)42/h6-11,13-14,16-18,25H,12,15,19H2,1-5H3,(H,44,45). The minimum atomic E-state index is -7.06. The third kappa shape index (κ3) is 7.12.